The van der Waals surface area contributed by atoms with Crippen LogP contribution < -0.4 is 5.32 Å². The van der Waals surface area contributed by atoms with Crippen molar-refractivity contribution in [2.75, 3.05) is 13.6 Å². The molecule has 128 valence electrons. The van der Waals surface area contributed by atoms with Crippen molar-refractivity contribution in [1.29, 1.82) is 0 Å². The number of amides is 2. The fourth-order valence-electron chi connectivity index (χ4n) is 3.03. The normalized spacial score (nSPS) is 22.9. The van der Waals surface area contributed by atoms with Crippen molar-refractivity contribution in [2.24, 2.45) is 17.8 Å². The maximum absolute atomic E-state index is 12.6. The van der Waals surface area contributed by atoms with Gasteiger partial charge in [-0.1, -0.05) is 34.1 Å². The van der Waals surface area contributed by atoms with Gasteiger partial charge < -0.3 is 15.3 Å². The van der Waals surface area contributed by atoms with Gasteiger partial charge in [0.25, 0.3) is 0 Å². The smallest absolute Gasteiger partial charge is 0.245 e. The Kier molecular flexibility index (Phi) is 7.33. The summed E-state index contributed by atoms with van der Waals surface area (Å²) in [7, 11) is 1.76. The third kappa shape index (κ3) is 5.59. The zero-order valence-corrected chi connectivity index (χ0v) is 14.6. The molecule has 0 aliphatic heterocycles. The molecule has 1 saturated carbocycles. The van der Waals surface area contributed by atoms with E-state index in [2.05, 4.69) is 5.32 Å². The molecular weight excluding hydrogens is 280 g/mol. The fourth-order valence-corrected chi connectivity index (χ4v) is 3.03. The molecule has 0 bridgehead atoms. The number of rotatable bonds is 7. The molecule has 22 heavy (non-hydrogen) atoms. The number of likely N-dealkylation sites (N-methyl/N-ethyl adjacent to an activating group) is 1. The summed E-state index contributed by atoms with van der Waals surface area (Å²) in [5.74, 6) is 0.338. The highest BCUT2D eigenvalue weighted by Crippen LogP contribution is 2.26. The zero-order valence-electron chi connectivity index (χ0n) is 14.6. The molecule has 0 aromatic heterocycles. The van der Waals surface area contributed by atoms with Gasteiger partial charge in [-0.2, -0.15) is 0 Å². The summed E-state index contributed by atoms with van der Waals surface area (Å²) in [6.07, 6.45) is 2.94. The topological polar surface area (TPSA) is 69.6 Å². The summed E-state index contributed by atoms with van der Waals surface area (Å²) >= 11 is 0. The average Bonchev–Trinajstić information content (AvgIpc) is 2.79. The molecule has 1 aliphatic rings. The highest BCUT2D eigenvalue weighted by Gasteiger charge is 2.31. The van der Waals surface area contributed by atoms with E-state index < -0.39 is 6.04 Å². The van der Waals surface area contributed by atoms with Crippen LogP contribution in [0.4, 0.5) is 0 Å². The van der Waals surface area contributed by atoms with Crippen molar-refractivity contribution >= 4 is 11.8 Å². The molecule has 3 atom stereocenters. The molecule has 0 aromatic rings. The van der Waals surface area contributed by atoms with Gasteiger partial charge in [0, 0.05) is 25.9 Å². The lowest BCUT2D eigenvalue weighted by Crippen LogP contribution is -2.51. The fraction of sp³-hybridized carbons (Fsp3) is 0.882. The van der Waals surface area contributed by atoms with E-state index in [9.17, 15) is 14.7 Å². The van der Waals surface area contributed by atoms with E-state index in [0.29, 0.717) is 13.0 Å². The predicted molar refractivity (Wildman–Crippen MR) is 87.2 cm³/mol. The number of nitrogens with one attached hydrogen (secondary N) is 1. The van der Waals surface area contributed by atoms with Crippen LogP contribution in [0.15, 0.2) is 0 Å². The van der Waals surface area contributed by atoms with E-state index >= 15 is 0 Å². The Labute approximate surface area is 134 Å². The second kappa shape index (κ2) is 8.51. The van der Waals surface area contributed by atoms with Gasteiger partial charge in [-0.3, -0.25) is 9.59 Å². The van der Waals surface area contributed by atoms with Crippen molar-refractivity contribution < 1.29 is 14.7 Å². The molecule has 2 amide bonds. The van der Waals surface area contributed by atoms with Crippen LogP contribution in [0.5, 0.6) is 0 Å². The minimum Gasteiger partial charge on any atom is -0.393 e. The Balaban J connectivity index is 2.61. The highest BCUT2D eigenvalue weighted by molar-refractivity contribution is 5.87. The van der Waals surface area contributed by atoms with Crippen LogP contribution in [0.3, 0.4) is 0 Å². The van der Waals surface area contributed by atoms with E-state index in [1.807, 2.05) is 27.7 Å². The summed E-state index contributed by atoms with van der Waals surface area (Å²) in [6, 6.07) is -0.491. The van der Waals surface area contributed by atoms with Gasteiger partial charge in [0.1, 0.15) is 6.04 Å². The van der Waals surface area contributed by atoms with Crippen molar-refractivity contribution in [1.82, 2.24) is 10.2 Å². The molecule has 0 saturated heterocycles. The van der Waals surface area contributed by atoms with Crippen LogP contribution in [0.2, 0.25) is 0 Å². The van der Waals surface area contributed by atoms with Crippen LogP contribution in [-0.2, 0) is 9.59 Å². The van der Waals surface area contributed by atoms with Crippen LogP contribution in [-0.4, -0.2) is 47.6 Å². The second-order valence-electron chi connectivity index (χ2n) is 7.36. The number of nitrogens with zero attached hydrogens (tertiary/aromatic N) is 1. The second-order valence-corrected chi connectivity index (χ2v) is 7.36. The number of carbonyl (C=O) groups is 2. The van der Waals surface area contributed by atoms with Gasteiger partial charge in [0.05, 0.1) is 6.10 Å². The summed E-state index contributed by atoms with van der Waals surface area (Å²) in [4.78, 5) is 26.3. The third-order valence-corrected chi connectivity index (χ3v) is 4.35. The molecule has 5 heteroatoms. The number of aliphatic hydroxyl groups is 1. The lowest BCUT2D eigenvalue weighted by atomic mass is 10.00. The first kappa shape index (κ1) is 18.9. The van der Waals surface area contributed by atoms with Crippen LogP contribution >= 0.6 is 0 Å². The Morgan fingerprint density at radius 3 is 2.32 bits per heavy atom. The van der Waals surface area contributed by atoms with Crippen molar-refractivity contribution in [3.63, 3.8) is 0 Å². The SMILES string of the molecule is CC(C)CC(=O)NC(C(=O)N(C)CC1CCCC1O)C(C)C. The molecule has 0 heterocycles. The lowest BCUT2D eigenvalue weighted by molar-refractivity contribution is -0.137. The predicted octanol–water partition coefficient (Wildman–Crippen LogP) is 1.79. The highest BCUT2D eigenvalue weighted by atomic mass is 16.3. The molecule has 0 spiro atoms. The molecule has 1 fully saturated rings. The van der Waals surface area contributed by atoms with Gasteiger partial charge in [-0.25, -0.2) is 0 Å². The zero-order chi connectivity index (χ0) is 16.9. The van der Waals surface area contributed by atoms with Crippen molar-refractivity contribution in [3.05, 3.63) is 0 Å². The summed E-state index contributed by atoms with van der Waals surface area (Å²) in [5, 5.41) is 12.8. The van der Waals surface area contributed by atoms with Crippen molar-refractivity contribution in [3.8, 4) is 0 Å². The molecule has 1 rings (SSSR count). The molecule has 0 aromatic carbocycles. The Hall–Kier alpha value is -1.10. The number of aliphatic hydroxyl groups excluding tert-OH is 1. The third-order valence-electron chi connectivity index (χ3n) is 4.35. The van der Waals surface area contributed by atoms with Crippen LogP contribution in [0.25, 0.3) is 0 Å². The largest absolute Gasteiger partial charge is 0.393 e. The van der Waals surface area contributed by atoms with E-state index in [-0.39, 0.29) is 35.7 Å². The van der Waals surface area contributed by atoms with E-state index in [0.717, 1.165) is 19.3 Å². The van der Waals surface area contributed by atoms with Gasteiger partial charge in [-0.15, -0.1) is 0 Å². The Bertz CT molecular complexity index is 382. The van der Waals surface area contributed by atoms with E-state index in [1.54, 1.807) is 11.9 Å². The molecule has 5 nitrogen and oxygen atoms in total. The standard InChI is InChI=1S/C17H32N2O3/c1-11(2)9-15(21)18-16(12(3)4)17(22)19(5)10-13-7-6-8-14(13)20/h11-14,16,20H,6-10H2,1-5H3,(H,18,21). The summed E-state index contributed by atoms with van der Waals surface area (Å²) < 4.78 is 0. The molecular formula is C17H32N2O3. The Morgan fingerprint density at radius 1 is 1.23 bits per heavy atom. The summed E-state index contributed by atoms with van der Waals surface area (Å²) in [5.41, 5.74) is 0. The van der Waals surface area contributed by atoms with E-state index in [4.69, 9.17) is 0 Å². The Morgan fingerprint density at radius 2 is 1.86 bits per heavy atom. The molecule has 3 unspecified atom stereocenters. The lowest BCUT2D eigenvalue weighted by Gasteiger charge is -2.29. The monoisotopic (exact) mass is 312 g/mol. The first-order valence-corrected chi connectivity index (χ1v) is 8.44. The maximum Gasteiger partial charge on any atom is 0.245 e. The van der Waals surface area contributed by atoms with Crippen LogP contribution in [0.1, 0.15) is 53.4 Å². The maximum atomic E-state index is 12.6. The minimum absolute atomic E-state index is 0.0413. The molecule has 2 N–H and O–H groups in total. The first-order chi connectivity index (χ1) is 10.2. The number of carbonyl (C=O) groups excluding carboxylic acids is 2. The minimum atomic E-state index is -0.491. The van der Waals surface area contributed by atoms with Gasteiger partial charge >= 0.3 is 0 Å². The molecule has 1 aliphatic carbocycles. The first-order valence-electron chi connectivity index (χ1n) is 8.44. The molecule has 0 radical (unpaired) electrons. The van der Waals surface area contributed by atoms with Gasteiger partial charge in [-0.05, 0) is 24.7 Å². The quantitative estimate of drug-likeness (QED) is 0.753. The number of hydrogen-bond donors (Lipinski definition) is 2. The van der Waals surface area contributed by atoms with Crippen molar-refractivity contribution in [2.45, 2.75) is 65.5 Å². The van der Waals surface area contributed by atoms with Crippen LogP contribution in [0, 0.1) is 17.8 Å². The van der Waals surface area contributed by atoms with E-state index in [1.165, 1.54) is 0 Å². The van der Waals surface area contributed by atoms with Gasteiger partial charge in [0.2, 0.25) is 11.8 Å². The van der Waals surface area contributed by atoms with Gasteiger partial charge in [0.15, 0.2) is 0 Å². The average molecular weight is 312 g/mol. The number of hydrogen-bond acceptors (Lipinski definition) is 3. The summed E-state index contributed by atoms with van der Waals surface area (Å²) in [6.45, 7) is 8.41.